The highest BCUT2D eigenvalue weighted by Gasteiger charge is 2.25. The van der Waals surface area contributed by atoms with Crippen LogP contribution in [0.2, 0.25) is 0 Å². The number of carbonyl (C=O) groups is 2. The molecule has 0 bridgehead atoms. The van der Waals surface area contributed by atoms with Crippen molar-refractivity contribution in [1.29, 1.82) is 0 Å². The van der Waals surface area contributed by atoms with Gasteiger partial charge in [-0.25, -0.2) is 4.68 Å². The zero-order chi connectivity index (χ0) is 17.8. The molecule has 132 valence electrons. The first-order valence-electron chi connectivity index (χ1n) is 8.66. The lowest BCUT2D eigenvalue weighted by Crippen LogP contribution is -2.40. The van der Waals surface area contributed by atoms with Gasteiger partial charge >= 0.3 is 5.97 Å². The standard InChI is InChI=1S/C19H23N3O3/c1-14-12-16(6-7-17(14)22-11-3-9-20-22)19(25)21-10-2-4-15(13-21)5-8-18(23)24/h3,6-7,9,11-12,15H,2,4-5,8,10,13H2,1H3,(H,23,24). The summed E-state index contributed by atoms with van der Waals surface area (Å²) in [6, 6.07) is 7.53. The lowest BCUT2D eigenvalue weighted by Gasteiger charge is -2.32. The molecule has 0 radical (unpaired) electrons. The van der Waals surface area contributed by atoms with Gasteiger partial charge in [-0.2, -0.15) is 5.10 Å². The van der Waals surface area contributed by atoms with Gasteiger partial charge in [0, 0.05) is 37.5 Å². The van der Waals surface area contributed by atoms with E-state index in [0.29, 0.717) is 18.5 Å². The smallest absolute Gasteiger partial charge is 0.303 e. The van der Waals surface area contributed by atoms with Crippen LogP contribution in [0, 0.1) is 12.8 Å². The molecule has 6 heteroatoms. The van der Waals surface area contributed by atoms with Crippen LogP contribution in [-0.2, 0) is 4.79 Å². The number of carboxylic acids is 1. The highest BCUT2D eigenvalue weighted by Crippen LogP contribution is 2.23. The van der Waals surface area contributed by atoms with E-state index in [-0.39, 0.29) is 18.2 Å². The van der Waals surface area contributed by atoms with E-state index in [4.69, 9.17) is 5.11 Å². The van der Waals surface area contributed by atoms with Gasteiger partial charge in [-0.1, -0.05) is 0 Å². The zero-order valence-corrected chi connectivity index (χ0v) is 14.4. The third-order valence-corrected chi connectivity index (χ3v) is 4.77. The second kappa shape index (κ2) is 7.51. The summed E-state index contributed by atoms with van der Waals surface area (Å²) in [5.74, 6) is -0.471. The first-order chi connectivity index (χ1) is 12.0. The zero-order valence-electron chi connectivity index (χ0n) is 14.4. The van der Waals surface area contributed by atoms with E-state index in [1.165, 1.54) is 0 Å². The minimum absolute atomic E-state index is 0.0233. The van der Waals surface area contributed by atoms with E-state index in [1.807, 2.05) is 42.3 Å². The number of carboxylic acid groups (broad SMARTS) is 1. The van der Waals surface area contributed by atoms with Crippen molar-refractivity contribution in [2.24, 2.45) is 5.92 Å². The van der Waals surface area contributed by atoms with E-state index >= 15 is 0 Å². The van der Waals surface area contributed by atoms with Crippen molar-refractivity contribution in [3.8, 4) is 5.69 Å². The summed E-state index contributed by atoms with van der Waals surface area (Å²) in [6.07, 6.45) is 6.33. The number of aliphatic carboxylic acids is 1. The van der Waals surface area contributed by atoms with Gasteiger partial charge in [0.15, 0.2) is 0 Å². The molecule has 3 rings (SSSR count). The number of amides is 1. The molecule has 2 heterocycles. The summed E-state index contributed by atoms with van der Waals surface area (Å²) >= 11 is 0. The van der Waals surface area contributed by atoms with E-state index in [0.717, 1.165) is 30.6 Å². The van der Waals surface area contributed by atoms with Gasteiger partial charge in [0.1, 0.15) is 0 Å². The largest absolute Gasteiger partial charge is 0.481 e. The number of piperidine rings is 1. The molecule has 2 aromatic rings. The minimum Gasteiger partial charge on any atom is -0.481 e. The second-order valence-corrected chi connectivity index (χ2v) is 6.64. The Balaban J connectivity index is 1.70. The number of carbonyl (C=O) groups excluding carboxylic acids is 1. The fourth-order valence-electron chi connectivity index (χ4n) is 3.45. The van der Waals surface area contributed by atoms with E-state index in [1.54, 1.807) is 10.9 Å². The molecule has 1 saturated heterocycles. The molecule has 1 aromatic carbocycles. The number of benzene rings is 1. The van der Waals surface area contributed by atoms with Crippen LogP contribution in [0.4, 0.5) is 0 Å². The van der Waals surface area contributed by atoms with Crippen LogP contribution in [0.5, 0.6) is 0 Å². The van der Waals surface area contributed by atoms with Crippen molar-refractivity contribution < 1.29 is 14.7 Å². The van der Waals surface area contributed by atoms with Gasteiger partial charge in [0.25, 0.3) is 5.91 Å². The number of rotatable bonds is 5. The molecule has 6 nitrogen and oxygen atoms in total. The second-order valence-electron chi connectivity index (χ2n) is 6.64. The fraction of sp³-hybridized carbons (Fsp3) is 0.421. The number of hydrogen-bond donors (Lipinski definition) is 1. The van der Waals surface area contributed by atoms with Gasteiger partial charge in [0.2, 0.25) is 0 Å². The monoisotopic (exact) mass is 341 g/mol. The van der Waals surface area contributed by atoms with Crippen LogP contribution in [0.3, 0.4) is 0 Å². The molecule has 1 aliphatic rings. The first-order valence-corrected chi connectivity index (χ1v) is 8.66. The van der Waals surface area contributed by atoms with Gasteiger partial charge in [-0.05, 0) is 61.9 Å². The Labute approximate surface area is 147 Å². The summed E-state index contributed by atoms with van der Waals surface area (Å²) < 4.78 is 1.78. The normalized spacial score (nSPS) is 17.5. The molecule has 1 fully saturated rings. The quantitative estimate of drug-likeness (QED) is 0.907. The molecule has 1 aromatic heterocycles. The molecule has 0 saturated carbocycles. The predicted molar refractivity (Wildman–Crippen MR) is 93.8 cm³/mol. The molecule has 25 heavy (non-hydrogen) atoms. The third-order valence-electron chi connectivity index (χ3n) is 4.77. The van der Waals surface area contributed by atoms with Gasteiger partial charge < -0.3 is 10.0 Å². The molecular weight excluding hydrogens is 318 g/mol. The lowest BCUT2D eigenvalue weighted by atomic mass is 9.93. The first kappa shape index (κ1) is 17.2. The van der Waals surface area contributed by atoms with Crippen molar-refractivity contribution in [1.82, 2.24) is 14.7 Å². The Kier molecular flexibility index (Phi) is 5.16. The average Bonchev–Trinajstić information content (AvgIpc) is 3.14. The number of aryl methyl sites for hydroxylation is 1. The van der Waals surface area contributed by atoms with E-state index < -0.39 is 5.97 Å². The SMILES string of the molecule is Cc1cc(C(=O)N2CCCC(CCC(=O)O)C2)ccc1-n1cccn1. The number of nitrogens with zero attached hydrogens (tertiary/aromatic N) is 3. The molecule has 0 spiro atoms. The fourth-order valence-corrected chi connectivity index (χ4v) is 3.45. The van der Waals surface area contributed by atoms with Crippen molar-refractivity contribution in [2.75, 3.05) is 13.1 Å². The number of aromatic nitrogens is 2. The minimum atomic E-state index is -0.770. The molecule has 1 aliphatic heterocycles. The Hall–Kier alpha value is -2.63. The van der Waals surface area contributed by atoms with Crippen LogP contribution in [0.15, 0.2) is 36.7 Å². The third kappa shape index (κ3) is 4.07. The Morgan fingerprint density at radius 1 is 1.36 bits per heavy atom. The molecule has 1 N–H and O–H groups in total. The summed E-state index contributed by atoms with van der Waals surface area (Å²) in [5.41, 5.74) is 2.63. The molecule has 1 atom stereocenters. The van der Waals surface area contributed by atoms with Crippen molar-refractivity contribution in [3.05, 3.63) is 47.8 Å². The summed E-state index contributed by atoms with van der Waals surface area (Å²) in [7, 11) is 0. The Bertz CT molecular complexity index is 755. The van der Waals surface area contributed by atoms with Gasteiger partial charge in [0.05, 0.1) is 5.69 Å². The average molecular weight is 341 g/mol. The lowest BCUT2D eigenvalue weighted by molar-refractivity contribution is -0.137. The molecule has 0 aliphatic carbocycles. The highest BCUT2D eigenvalue weighted by molar-refractivity contribution is 5.94. The van der Waals surface area contributed by atoms with Crippen LogP contribution in [-0.4, -0.2) is 44.8 Å². The number of likely N-dealkylation sites (tertiary alicyclic amines) is 1. The summed E-state index contributed by atoms with van der Waals surface area (Å²) in [4.78, 5) is 25.4. The van der Waals surface area contributed by atoms with Crippen LogP contribution in [0.1, 0.15) is 41.6 Å². The molecule has 1 amide bonds. The van der Waals surface area contributed by atoms with Crippen LogP contribution < -0.4 is 0 Å². The maximum atomic E-state index is 12.8. The Morgan fingerprint density at radius 3 is 2.88 bits per heavy atom. The van der Waals surface area contributed by atoms with Crippen molar-refractivity contribution in [2.45, 2.75) is 32.6 Å². The Morgan fingerprint density at radius 2 is 2.20 bits per heavy atom. The van der Waals surface area contributed by atoms with Gasteiger partial charge in [-0.3, -0.25) is 9.59 Å². The number of hydrogen-bond acceptors (Lipinski definition) is 3. The predicted octanol–water partition coefficient (Wildman–Crippen LogP) is 2.90. The van der Waals surface area contributed by atoms with E-state index in [9.17, 15) is 9.59 Å². The summed E-state index contributed by atoms with van der Waals surface area (Å²) in [6.45, 7) is 3.36. The molecule has 1 unspecified atom stereocenters. The highest BCUT2D eigenvalue weighted by atomic mass is 16.4. The molecular formula is C19H23N3O3. The van der Waals surface area contributed by atoms with Crippen LogP contribution >= 0.6 is 0 Å². The topological polar surface area (TPSA) is 75.4 Å². The van der Waals surface area contributed by atoms with Crippen molar-refractivity contribution >= 4 is 11.9 Å². The van der Waals surface area contributed by atoms with Gasteiger partial charge in [-0.15, -0.1) is 0 Å². The van der Waals surface area contributed by atoms with E-state index in [2.05, 4.69) is 5.10 Å². The van der Waals surface area contributed by atoms with Crippen LogP contribution in [0.25, 0.3) is 5.69 Å². The summed E-state index contributed by atoms with van der Waals surface area (Å²) in [5, 5.41) is 13.1. The maximum absolute atomic E-state index is 12.8. The van der Waals surface area contributed by atoms with Crippen molar-refractivity contribution in [3.63, 3.8) is 0 Å². The maximum Gasteiger partial charge on any atom is 0.303 e.